The highest BCUT2D eigenvalue weighted by atomic mass is 35.5. The fourth-order valence-corrected chi connectivity index (χ4v) is 3.51. The number of thioether (sulfide) groups is 1. The normalized spacial score (nSPS) is 19.3. The van der Waals surface area contributed by atoms with Gasteiger partial charge < -0.3 is 0 Å². The first-order chi connectivity index (χ1) is 12.0. The molecule has 4 nitrogen and oxygen atoms in total. The molecule has 6 heteroatoms. The summed E-state index contributed by atoms with van der Waals surface area (Å²) in [6, 6.07) is 15.4. The molecule has 25 heavy (non-hydrogen) atoms. The van der Waals surface area contributed by atoms with Crippen LogP contribution in [0.3, 0.4) is 0 Å². The van der Waals surface area contributed by atoms with Crippen molar-refractivity contribution in [1.82, 2.24) is 4.90 Å². The lowest BCUT2D eigenvalue weighted by molar-refractivity contribution is -0.126. The van der Waals surface area contributed by atoms with Gasteiger partial charge in [0, 0.05) is 5.02 Å². The maximum Gasteiger partial charge on any atom is 0.242 e. The number of halogens is 1. The molecule has 0 bridgehead atoms. The number of hydrogen-bond acceptors (Lipinski definition) is 4. The molecule has 0 unspecified atom stereocenters. The molecule has 128 valence electrons. The molecular weight excluding hydrogens is 354 g/mol. The summed E-state index contributed by atoms with van der Waals surface area (Å²) in [5, 5.41) is 9.58. The summed E-state index contributed by atoms with van der Waals surface area (Å²) in [7, 11) is 0. The van der Waals surface area contributed by atoms with Crippen molar-refractivity contribution in [3.63, 3.8) is 0 Å². The molecule has 1 fully saturated rings. The van der Waals surface area contributed by atoms with Crippen LogP contribution in [-0.4, -0.2) is 27.4 Å². The maximum atomic E-state index is 12.5. The lowest BCUT2D eigenvalue weighted by atomic mass is 10.1. The fraction of sp³-hybridized carbons (Fsp3) is 0.211. The average molecular weight is 372 g/mol. The second kappa shape index (κ2) is 7.85. The summed E-state index contributed by atoms with van der Waals surface area (Å²) < 4.78 is 0. The molecule has 0 saturated carbocycles. The topological polar surface area (TPSA) is 45.0 Å². The lowest BCUT2D eigenvalue weighted by Crippen LogP contribution is -2.31. The van der Waals surface area contributed by atoms with Gasteiger partial charge >= 0.3 is 0 Å². The fourth-order valence-electron chi connectivity index (χ4n) is 2.46. The summed E-state index contributed by atoms with van der Waals surface area (Å²) in [6.45, 7) is 4.45. The molecule has 1 aliphatic rings. The van der Waals surface area contributed by atoms with Crippen LogP contribution in [0.25, 0.3) is 0 Å². The number of carbonyl (C=O) groups is 1. The molecule has 0 spiro atoms. The molecule has 0 aliphatic carbocycles. The third kappa shape index (κ3) is 4.30. The van der Waals surface area contributed by atoms with Crippen LogP contribution in [0.5, 0.6) is 0 Å². The third-order valence-electron chi connectivity index (χ3n) is 3.94. The van der Waals surface area contributed by atoms with E-state index in [1.807, 2.05) is 50.2 Å². The molecule has 2 aromatic rings. The first-order valence-corrected chi connectivity index (χ1v) is 9.19. The minimum absolute atomic E-state index is 0.0636. The van der Waals surface area contributed by atoms with E-state index in [4.69, 9.17) is 11.6 Å². The van der Waals surface area contributed by atoms with Crippen LogP contribution >= 0.6 is 23.4 Å². The number of hydrogen-bond donors (Lipinski definition) is 0. The molecule has 1 atom stereocenters. The number of amidine groups is 1. The van der Waals surface area contributed by atoms with E-state index >= 15 is 0 Å². The predicted octanol–water partition coefficient (Wildman–Crippen LogP) is 4.50. The Morgan fingerprint density at radius 3 is 2.64 bits per heavy atom. The first kappa shape index (κ1) is 17.7. The molecule has 1 amide bonds. The van der Waals surface area contributed by atoms with E-state index < -0.39 is 0 Å². The van der Waals surface area contributed by atoms with Gasteiger partial charge in [-0.25, -0.2) is 0 Å². The van der Waals surface area contributed by atoms with Crippen LogP contribution in [0.1, 0.15) is 23.6 Å². The minimum Gasteiger partial charge on any atom is -0.284 e. The van der Waals surface area contributed by atoms with E-state index in [-0.39, 0.29) is 11.2 Å². The van der Waals surface area contributed by atoms with Gasteiger partial charge in [-0.05, 0) is 42.7 Å². The lowest BCUT2D eigenvalue weighted by Gasteiger charge is -2.16. The van der Waals surface area contributed by atoms with Crippen molar-refractivity contribution < 1.29 is 4.79 Å². The number of carbonyl (C=O) groups excluding carboxylic acids is 1. The van der Waals surface area contributed by atoms with Crippen molar-refractivity contribution in [3.8, 4) is 0 Å². The van der Waals surface area contributed by atoms with Crippen molar-refractivity contribution in [2.45, 2.75) is 25.6 Å². The highest BCUT2D eigenvalue weighted by Gasteiger charge is 2.35. The summed E-state index contributed by atoms with van der Waals surface area (Å²) in [5.74, 6) is 0.0636. The Morgan fingerprint density at radius 2 is 1.92 bits per heavy atom. The number of rotatable bonds is 4. The Morgan fingerprint density at radius 1 is 1.20 bits per heavy atom. The summed E-state index contributed by atoms with van der Waals surface area (Å²) >= 11 is 7.31. The van der Waals surface area contributed by atoms with E-state index in [0.29, 0.717) is 16.7 Å². The third-order valence-corrected chi connectivity index (χ3v) is 5.26. The second-order valence-electron chi connectivity index (χ2n) is 5.79. The second-order valence-corrected chi connectivity index (χ2v) is 7.53. The van der Waals surface area contributed by atoms with Gasteiger partial charge in [0.05, 0.1) is 18.0 Å². The highest BCUT2D eigenvalue weighted by molar-refractivity contribution is 8.15. The summed E-state index contributed by atoms with van der Waals surface area (Å²) in [6.07, 6.45) is 1.66. The van der Waals surface area contributed by atoms with Gasteiger partial charge in [0.2, 0.25) is 5.91 Å². The first-order valence-electron chi connectivity index (χ1n) is 7.94. The molecule has 1 saturated heterocycles. The molecule has 2 aromatic carbocycles. The van der Waals surface area contributed by atoms with Gasteiger partial charge in [0.15, 0.2) is 5.17 Å². The SMILES string of the molecule is Cc1ccccc1CN1C(=O)[C@@H](C)S/C1=N/N=C\c1ccc(Cl)cc1. The Labute approximate surface area is 156 Å². The van der Waals surface area contributed by atoms with E-state index in [1.165, 1.54) is 11.8 Å². The predicted molar refractivity (Wildman–Crippen MR) is 105 cm³/mol. The largest absolute Gasteiger partial charge is 0.284 e. The number of benzene rings is 2. The van der Waals surface area contributed by atoms with Crippen molar-refractivity contribution in [2.75, 3.05) is 0 Å². The van der Waals surface area contributed by atoms with Crippen molar-refractivity contribution in [2.24, 2.45) is 10.2 Å². The smallest absolute Gasteiger partial charge is 0.242 e. The van der Waals surface area contributed by atoms with Gasteiger partial charge in [-0.3, -0.25) is 9.69 Å². The standard InChI is InChI=1S/C19H18ClN3OS/c1-13-5-3-4-6-16(13)12-23-18(24)14(2)25-19(23)22-21-11-15-7-9-17(20)10-8-15/h3-11,14H,12H2,1-2H3/b21-11-,22-19+/t14-/m1/s1. The Hall–Kier alpha value is -2.11. The van der Waals surface area contributed by atoms with Gasteiger partial charge in [-0.1, -0.05) is 59.8 Å². The van der Waals surface area contributed by atoms with Gasteiger partial charge in [0.1, 0.15) is 0 Å². The van der Waals surface area contributed by atoms with Crippen molar-refractivity contribution >= 4 is 40.7 Å². The van der Waals surface area contributed by atoms with Crippen LogP contribution in [-0.2, 0) is 11.3 Å². The molecule has 0 radical (unpaired) electrons. The Balaban J connectivity index is 1.79. The zero-order valence-electron chi connectivity index (χ0n) is 14.0. The van der Waals surface area contributed by atoms with Gasteiger partial charge in [-0.2, -0.15) is 5.10 Å². The van der Waals surface area contributed by atoms with E-state index in [9.17, 15) is 4.79 Å². The van der Waals surface area contributed by atoms with E-state index in [0.717, 1.165) is 16.7 Å². The molecule has 0 N–H and O–H groups in total. The molecule has 0 aromatic heterocycles. The van der Waals surface area contributed by atoms with E-state index in [1.54, 1.807) is 23.2 Å². The van der Waals surface area contributed by atoms with Crippen molar-refractivity contribution in [1.29, 1.82) is 0 Å². The maximum absolute atomic E-state index is 12.5. The zero-order valence-corrected chi connectivity index (χ0v) is 15.6. The number of amides is 1. The van der Waals surface area contributed by atoms with Crippen LogP contribution in [0.4, 0.5) is 0 Å². The average Bonchev–Trinajstić information content (AvgIpc) is 2.86. The highest BCUT2D eigenvalue weighted by Crippen LogP contribution is 2.29. The van der Waals surface area contributed by atoms with Crippen LogP contribution in [0, 0.1) is 6.92 Å². The van der Waals surface area contributed by atoms with Crippen molar-refractivity contribution in [3.05, 3.63) is 70.2 Å². The molecular formula is C19H18ClN3OS. The minimum atomic E-state index is -0.145. The van der Waals surface area contributed by atoms with Crippen LogP contribution in [0.2, 0.25) is 5.02 Å². The monoisotopic (exact) mass is 371 g/mol. The van der Waals surface area contributed by atoms with Gasteiger partial charge in [0.25, 0.3) is 0 Å². The van der Waals surface area contributed by atoms with E-state index in [2.05, 4.69) is 10.2 Å². The Bertz CT molecular complexity index is 833. The van der Waals surface area contributed by atoms with Gasteiger partial charge in [-0.15, -0.1) is 5.10 Å². The summed E-state index contributed by atoms with van der Waals surface area (Å²) in [5.41, 5.74) is 3.17. The van der Waals surface area contributed by atoms with Crippen LogP contribution in [0.15, 0.2) is 58.7 Å². The van der Waals surface area contributed by atoms with Crippen LogP contribution < -0.4 is 0 Å². The zero-order chi connectivity index (χ0) is 17.8. The Kier molecular flexibility index (Phi) is 5.56. The summed E-state index contributed by atoms with van der Waals surface area (Å²) in [4.78, 5) is 14.2. The number of aryl methyl sites for hydroxylation is 1. The molecule has 3 rings (SSSR count). The number of nitrogens with zero attached hydrogens (tertiary/aromatic N) is 3. The molecule has 1 heterocycles. The quantitative estimate of drug-likeness (QED) is 0.586. The molecule has 1 aliphatic heterocycles.